The van der Waals surface area contributed by atoms with Gasteiger partial charge in [0.2, 0.25) is 0 Å². The fourth-order valence-electron chi connectivity index (χ4n) is 7.53. The van der Waals surface area contributed by atoms with Gasteiger partial charge in [-0.25, -0.2) is 0 Å². The lowest BCUT2D eigenvalue weighted by atomic mass is 9.53. The Kier molecular flexibility index (Phi) is 5.20. The number of nitrogens with one attached hydrogen (secondary N) is 3. The first-order valence-electron chi connectivity index (χ1n) is 13.4. The predicted molar refractivity (Wildman–Crippen MR) is 146 cm³/mol. The van der Waals surface area contributed by atoms with E-state index >= 15 is 0 Å². The summed E-state index contributed by atoms with van der Waals surface area (Å²) in [6.45, 7) is 0. The summed E-state index contributed by atoms with van der Waals surface area (Å²) in [5.74, 6) is 2.35. The molecule has 0 spiro atoms. The van der Waals surface area contributed by atoms with Gasteiger partial charge in [-0.2, -0.15) is 0 Å². The maximum atomic E-state index is 13.3. The van der Waals surface area contributed by atoms with Crippen molar-refractivity contribution in [1.29, 1.82) is 0 Å². The van der Waals surface area contributed by atoms with E-state index < -0.39 is 0 Å². The molecular weight excluding hydrogens is 458 g/mol. The van der Waals surface area contributed by atoms with Crippen molar-refractivity contribution in [3.63, 3.8) is 0 Å². The molecule has 4 aliphatic carbocycles. The number of anilines is 1. The Bertz CT molecular complexity index is 1450. The Balaban J connectivity index is 1.07. The Morgan fingerprint density at radius 3 is 2.08 bits per heavy atom. The summed E-state index contributed by atoms with van der Waals surface area (Å²) in [7, 11) is 0. The fraction of sp³-hybridized carbons (Fsp3) is 0.312. The highest BCUT2D eigenvalue weighted by atomic mass is 16.2. The van der Waals surface area contributed by atoms with E-state index in [1.54, 1.807) is 12.1 Å². The van der Waals surface area contributed by atoms with Crippen molar-refractivity contribution in [1.82, 2.24) is 10.3 Å². The van der Waals surface area contributed by atoms with Gasteiger partial charge in [-0.1, -0.05) is 30.3 Å². The van der Waals surface area contributed by atoms with Crippen LogP contribution in [0.5, 0.6) is 0 Å². The average Bonchev–Trinajstić information content (AvgIpc) is 3.32. The molecule has 4 aliphatic rings. The summed E-state index contributed by atoms with van der Waals surface area (Å²) in [5, 5.41) is 7.46. The summed E-state index contributed by atoms with van der Waals surface area (Å²) in [6, 6.07) is 25.0. The van der Waals surface area contributed by atoms with Crippen molar-refractivity contribution in [2.24, 2.45) is 17.8 Å². The van der Waals surface area contributed by atoms with E-state index in [1.165, 1.54) is 19.3 Å². The van der Waals surface area contributed by atoms with Crippen LogP contribution < -0.4 is 10.6 Å². The van der Waals surface area contributed by atoms with Gasteiger partial charge in [-0.3, -0.25) is 9.59 Å². The summed E-state index contributed by atoms with van der Waals surface area (Å²) < 4.78 is 0. The molecule has 4 bridgehead atoms. The minimum Gasteiger partial charge on any atom is -0.355 e. The third-order valence-corrected chi connectivity index (χ3v) is 8.79. The van der Waals surface area contributed by atoms with E-state index in [9.17, 15) is 9.59 Å². The van der Waals surface area contributed by atoms with Crippen molar-refractivity contribution in [2.45, 2.75) is 44.1 Å². The highest BCUT2D eigenvalue weighted by Crippen LogP contribution is 2.55. The number of aromatic amines is 1. The van der Waals surface area contributed by atoms with Gasteiger partial charge in [0.05, 0.1) is 0 Å². The standard InChI is InChI=1S/C32H31N3O2/c36-30(24-4-2-1-3-5-24)33-27-9-6-23(7-10-27)29-16-26-15-25(8-11-28(26)34-29)31(37)35-32-17-20-12-21(18-32)14-22(13-20)19-32/h1-11,15-16,20-22,34H,12-14,17-19H2,(H,33,36)(H,35,37). The van der Waals surface area contributed by atoms with Gasteiger partial charge in [0.15, 0.2) is 0 Å². The van der Waals surface area contributed by atoms with Crippen molar-refractivity contribution >= 4 is 28.4 Å². The maximum Gasteiger partial charge on any atom is 0.255 e. The molecule has 186 valence electrons. The molecule has 0 radical (unpaired) electrons. The third kappa shape index (κ3) is 4.22. The Morgan fingerprint density at radius 2 is 1.41 bits per heavy atom. The van der Waals surface area contributed by atoms with E-state index in [2.05, 4.69) is 21.7 Å². The number of hydrogen-bond acceptors (Lipinski definition) is 2. The zero-order valence-electron chi connectivity index (χ0n) is 20.8. The van der Waals surface area contributed by atoms with Gasteiger partial charge in [-0.15, -0.1) is 0 Å². The van der Waals surface area contributed by atoms with Gasteiger partial charge in [0.1, 0.15) is 0 Å². The smallest absolute Gasteiger partial charge is 0.255 e. The van der Waals surface area contributed by atoms with Crippen LogP contribution in [0.1, 0.15) is 59.2 Å². The molecule has 2 amide bonds. The van der Waals surface area contributed by atoms with Crippen LogP contribution in [0.3, 0.4) is 0 Å². The van der Waals surface area contributed by atoms with E-state index in [0.717, 1.165) is 70.4 Å². The lowest BCUT2D eigenvalue weighted by Crippen LogP contribution is -2.59. The molecule has 8 rings (SSSR count). The minimum atomic E-state index is -0.127. The van der Waals surface area contributed by atoms with Crippen LogP contribution in [0.15, 0.2) is 78.9 Å². The summed E-state index contributed by atoms with van der Waals surface area (Å²) >= 11 is 0. The molecule has 4 saturated carbocycles. The van der Waals surface area contributed by atoms with Crippen molar-refractivity contribution < 1.29 is 9.59 Å². The molecule has 0 atom stereocenters. The van der Waals surface area contributed by atoms with Crippen LogP contribution in [0.2, 0.25) is 0 Å². The first kappa shape index (κ1) is 22.3. The van der Waals surface area contributed by atoms with Gasteiger partial charge < -0.3 is 15.6 Å². The van der Waals surface area contributed by atoms with E-state index in [-0.39, 0.29) is 17.4 Å². The molecule has 4 aromatic rings. The second-order valence-corrected chi connectivity index (χ2v) is 11.5. The SMILES string of the molecule is O=C(Nc1ccc(-c2cc3cc(C(=O)NC45CC6CC(CC(C6)C4)C5)ccc3[nH]2)cc1)c1ccccc1. The topological polar surface area (TPSA) is 74.0 Å². The number of hydrogen-bond donors (Lipinski definition) is 3. The van der Waals surface area contributed by atoms with E-state index in [1.807, 2.05) is 60.7 Å². The molecule has 0 unspecified atom stereocenters. The van der Waals surface area contributed by atoms with Crippen molar-refractivity contribution in [2.75, 3.05) is 5.32 Å². The van der Waals surface area contributed by atoms with Gasteiger partial charge in [-0.05, 0) is 110 Å². The molecule has 3 aromatic carbocycles. The van der Waals surface area contributed by atoms with Crippen LogP contribution in [0.25, 0.3) is 22.2 Å². The van der Waals surface area contributed by atoms with Crippen molar-refractivity contribution in [3.05, 3.63) is 90.0 Å². The number of rotatable bonds is 5. The Morgan fingerprint density at radius 1 is 0.730 bits per heavy atom. The summed E-state index contributed by atoms with van der Waals surface area (Å²) in [4.78, 5) is 29.2. The highest BCUT2D eigenvalue weighted by molar-refractivity contribution is 6.04. The molecule has 1 aromatic heterocycles. The second-order valence-electron chi connectivity index (χ2n) is 11.5. The quantitative estimate of drug-likeness (QED) is 0.289. The number of carbonyl (C=O) groups excluding carboxylic acids is 2. The molecule has 0 aliphatic heterocycles. The molecule has 3 N–H and O–H groups in total. The maximum absolute atomic E-state index is 13.3. The Labute approximate surface area is 216 Å². The van der Waals surface area contributed by atoms with Gasteiger partial charge >= 0.3 is 0 Å². The molecule has 4 fully saturated rings. The summed E-state index contributed by atoms with van der Waals surface area (Å²) in [5.41, 5.74) is 5.13. The molecule has 1 heterocycles. The van der Waals surface area contributed by atoms with Crippen LogP contribution in [-0.2, 0) is 0 Å². The first-order chi connectivity index (χ1) is 18.0. The van der Waals surface area contributed by atoms with Crippen LogP contribution in [0, 0.1) is 17.8 Å². The van der Waals surface area contributed by atoms with E-state index in [0.29, 0.717) is 5.56 Å². The lowest BCUT2D eigenvalue weighted by molar-refractivity contribution is -0.0167. The number of amides is 2. The second kappa shape index (κ2) is 8.62. The number of fused-ring (bicyclic) bond motifs is 1. The minimum absolute atomic E-state index is 0.0156. The highest BCUT2D eigenvalue weighted by Gasteiger charge is 2.51. The molecular formula is C32H31N3O2. The van der Waals surface area contributed by atoms with Gasteiger partial charge in [0, 0.05) is 39.0 Å². The van der Waals surface area contributed by atoms with Crippen LogP contribution in [-0.4, -0.2) is 22.3 Å². The number of aromatic nitrogens is 1. The monoisotopic (exact) mass is 489 g/mol. The van der Waals surface area contributed by atoms with Gasteiger partial charge in [0.25, 0.3) is 11.8 Å². The molecule has 5 nitrogen and oxygen atoms in total. The molecule has 37 heavy (non-hydrogen) atoms. The normalized spacial score (nSPS) is 25.8. The number of benzene rings is 3. The average molecular weight is 490 g/mol. The third-order valence-electron chi connectivity index (χ3n) is 8.79. The van der Waals surface area contributed by atoms with Crippen LogP contribution in [0.4, 0.5) is 5.69 Å². The number of carbonyl (C=O) groups is 2. The molecule has 0 saturated heterocycles. The zero-order valence-corrected chi connectivity index (χ0v) is 20.8. The number of H-pyrrole nitrogens is 1. The van der Waals surface area contributed by atoms with E-state index in [4.69, 9.17) is 0 Å². The molecule has 5 heteroatoms. The van der Waals surface area contributed by atoms with Crippen LogP contribution >= 0.6 is 0 Å². The largest absolute Gasteiger partial charge is 0.355 e. The first-order valence-corrected chi connectivity index (χ1v) is 13.4. The fourth-order valence-corrected chi connectivity index (χ4v) is 7.53. The summed E-state index contributed by atoms with van der Waals surface area (Å²) in [6.07, 6.45) is 7.57. The Hall–Kier alpha value is -3.86. The lowest BCUT2D eigenvalue weighted by Gasteiger charge is -2.56. The zero-order chi connectivity index (χ0) is 25.0. The van der Waals surface area contributed by atoms with Crippen molar-refractivity contribution in [3.8, 4) is 11.3 Å². The predicted octanol–water partition coefficient (Wildman–Crippen LogP) is 6.79.